The second kappa shape index (κ2) is 6.06. The molecule has 0 fully saturated rings. The Balaban J connectivity index is 2.58. The number of rotatable bonds is 6. The first-order valence-electron chi connectivity index (χ1n) is 5.30. The maximum atomic E-state index is 10.8. The van der Waals surface area contributed by atoms with E-state index >= 15 is 0 Å². The van der Waals surface area contributed by atoms with Gasteiger partial charge in [0.05, 0.1) is 0 Å². The maximum absolute atomic E-state index is 10.8. The summed E-state index contributed by atoms with van der Waals surface area (Å²) in [7, 11) is 0. The van der Waals surface area contributed by atoms with E-state index in [9.17, 15) is 4.79 Å². The van der Waals surface area contributed by atoms with Crippen LogP contribution in [0, 0.1) is 0 Å². The normalized spacial score (nSPS) is 9.93. The number of anilines is 1. The second-order valence-electron chi connectivity index (χ2n) is 3.63. The number of nitrogen functional groups attached to an aromatic ring is 1. The minimum Gasteiger partial charge on any atom is -0.398 e. The topological polar surface area (TPSA) is 46.3 Å². The summed E-state index contributed by atoms with van der Waals surface area (Å²) in [5.41, 5.74) is 7.57. The summed E-state index contributed by atoms with van der Waals surface area (Å²) in [5.74, 6) is 0. The predicted octanol–water partition coefficient (Wildman–Crippen LogP) is 2.03. The van der Waals surface area contributed by atoms with Crippen LogP contribution in [0.5, 0.6) is 0 Å². The molecule has 2 N–H and O–H groups in total. The summed E-state index contributed by atoms with van der Waals surface area (Å²) in [6.07, 6.45) is 3.02. The monoisotopic (exact) mass is 206 g/mol. The van der Waals surface area contributed by atoms with Gasteiger partial charge >= 0.3 is 0 Å². The molecule has 0 saturated heterocycles. The van der Waals surface area contributed by atoms with Crippen LogP contribution in [0.25, 0.3) is 0 Å². The third-order valence-corrected chi connectivity index (χ3v) is 2.38. The van der Waals surface area contributed by atoms with Crippen molar-refractivity contribution in [2.24, 2.45) is 0 Å². The van der Waals surface area contributed by atoms with E-state index in [-0.39, 0.29) is 0 Å². The van der Waals surface area contributed by atoms with Crippen molar-refractivity contribution in [1.82, 2.24) is 4.90 Å². The number of nitrogens with zero attached hydrogens (tertiary/aromatic N) is 1. The van der Waals surface area contributed by atoms with Gasteiger partial charge in [-0.15, -0.1) is 0 Å². The van der Waals surface area contributed by atoms with E-state index in [0.29, 0.717) is 6.54 Å². The molecule has 0 unspecified atom stereocenters. The van der Waals surface area contributed by atoms with Gasteiger partial charge < -0.3 is 10.6 Å². The largest absolute Gasteiger partial charge is 0.398 e. The van der Waals surface area contributed by atoms with Gasteiger partial charge in [0.2, 0.25) is 6.41 Å². The molecule has 82 valence electrons. The van der Waals surface area contributed by atoms with Gasteiger partial charge in [-0.2, -0.15) is 0 Å². The fourth-order valence-corrected chi connectivity index (χ4v) is 1.43. The average Bonchev–Trinajstić information content (AvgIpc) is 2.26. The number of hydrogen-bond donors (Lipinski definition) is 1. The maximum Gasteiger partial charge on any atom is 0.210 e. The lowest BCUT2D eigenvalue weighted by Gasteiger charge is -2.17. The fourth-order valence-electron chi connectivity index (χ4n) is 1.43. The molecular weight excluding hydrogens is 188 g/mol. The Morgan fingerprint density at radius 3 is 2.73 bits per heavy atom. The highest BCUT2D eigenvalue weighted by atomic mass is 16.1. The SMILES string of the molecule is CCCCN(C=O)Cc1ccccc1N. The molecule has 0 radical (unpaired) electrons. The molecule has 0 heterocycles. The summed E-state index contributed by atoms with van der Waals surface area (Å²) in [6, 6.07) is 7.65. The number of para-hydroxylation sites is 1. The molecule has 0 aliphatic rings. The van der Waals surface area contributed by atoms with Crippen LogP contribution >= 0.6 is 0 Å². The molecule has 1 aromatic carbocycles. The Hall–Kier alpha value is -1.51. The van der Waals surface area contributed by atoms with E-state index in [1.165, 1.54) is 0 Å². The van der Waals surface area contributed by atoms with Gasteiger partial charge in [-0.05, 0) is 18.1 Å². The van der Waals surface area contributed by atoms with Crippen LogP contribution in [-0.4, -0.2) is 17.9 Å². The molecule has 0 bridgehead atoms. The summed E-state index contributed by atoms with van der Waals surface area (Å²) in [4.78, 5) is 12.6. The van der Waals surface area contributed by atoms with Crippen molar-refractivity contribution >= 4 is 12.1 Å². The van der Waals surface area contributed by atoms with Crippen molar-refractivity contribution in [2.45, 2.75) is 26.3 Å². The zero-order chi connectivity index (χ0) is 11.1. The van der Waals surface area contributed by atoms with Gasteiger partial charge in [-0.25, -0.2) is 0 Å². The molecule has 0 aromatic heterocycles. The highest BCUT2D eigenvalue weighted by Gasteiger charge is 2.04. The van der Waals surface area contributed by atoms with Crippen LogP contribution in [0.3, 0.4) is 0 Å². The van der Waals surface area contributed by atoms with E-state index in [1.54, 1.807) is 4.90 Å². The first-order chi connectivity index (χ1) is 7.27. The van der Waals surface area contributed by atoms with Gasteiger partial charge in [0, 0.05) is 18.8 Å². The van der Waals surface area contributed by atoms with Crippen LogP contribution < -0.4 is 5.73 Å². The summed E-state index contributed by atoms with van der Waals surface area (Å²) >= 11 is 0. The third-order valence-electron chi connectivity index (χ3n) is 2.38. The molecule has 1 rings (SSSR count). The average molecular weight is 206 g/mol. The van der Waals surface area contributed by atoms with Gasteiger partial charge in [-0.1, -0.05) is 31.5 Å². The van der Waals surface area contributed by atoms with Gasteiger partial charge in [-0.3, -0.25) is 4.79 Å². The Labute approximate surface area is 90.9 Å². The van der Waals surface area contributed by atoms with Gasteiger partial charge in [0.1, 0.15) is 0 Å². The quantitative estimate of drug-likeness (QED) is 0.572. The van der Waals surface area contributed by atoms with Gasteiger partial charge in [0.25, 0.3) is 0 Å². The minimum atomic E-state index is 0.607. The van der Waals surface area contributed by atoms with Crippen molar-refractivity contribution in [3.63, 3.8) is 0 Å². The third kappa shape index (κ3) is 3.62. The molecule has 1 aromatic rings. The summed E-state index contributed by atoms with van der Waals surface area (Å²) < 4.78 is 0. The molecule has 1 amide bonds. The summed E-state index contributed by atoms with van der Waals surface area (Å²) in [6.45, 7) is 3.52. The first-order valence-corrected chi connectivity index (χ1v) is 5.30. The molecule has 3 nitrogen and oxygen atoms in total. The van der Waals surface area contributed by atoms with Crippen LogP contribution in [0.4, 0.5) is 5.69 Å². The number of unbranched alkanes of at least 4 members (excludes halogenated alkanes) is 1. The van der Waals surface area contributed by atoms with E-state index in [0.717, 1.165) is 37.0 Å². The fraction of sp³-hybridized carbons (Fsp3) is 0.417. The lowest BCUT2D eigenvalue weighted by Crippen LogP contribution is -2.23. The Bertz CT molecular complexity index is 312. The van der Waals surface area contributed by atoms with Crippen LogP contribution in [-0.2, 0) is 11.3 Å². The highest BCUT2D eigenvalue weighted by molar-refractivity contribution is 5.51. The van der Waals surface area contributed by atoms with E-state index in [2.05, 4.69) is 6.92 Å². The standard InChI is InChI=1S/C12H18N2O/c1-2-3-8-14(10-15)9-11-6-4-5-7-12(11)13/h4-7,10H,2-3,8-9,13H2,1H3. The number of benzene rings is 1. The number of amides is 1. The molecule has 15 heavy (non-hydrogen) atoms. The minimum absolute atomic E-state index is 0.607. The predicted molar refractivity (Wildman–Crippen MR) is 62.2 cm³/mol. The van der Waals surface area contributed by atoms with Crippen LogP contribution in [0.2, 0.25) is 0 Å². The molecule has 0 spiro atoms. The van der Waals surface area contributed by atoms with Crippen molar-refractivity contribution in [3.8, 4) is 0 Å². The second-order valence-corrected chi connectivity index (χ2v) is 3.63. The number of nitrogens with two attached hydrogens (primary N) is 1. The zero-order valence-corrected chi connectivity index (χ0v) is 9.15. The van der Waals surface area contributed by atoms with Crippen LogP contribution in [0.15, 0.2) is 24.3 Å². The zero-order valence-electron chi connectivity index (χ0n) is 9.15. The Kier molecular flexibility index (Phi) is 4.68. The van der Waals surface area contributed by atoms with E-state index in [1.807, 2.05) is 24.3 Å². The highest BCUT2D eigenvalue weighted by Crippen LogP contribution is 2.12. The van der Waals surface area contributed by atoms with Crippen molar-refractivity contribution < 1.29 is 4.79 Å². The van der Waals surface area contributed by atoms with Crippen molar-refractivity contribution in [3.05, 3.63) is 29.8 Å². The molecule has 0 aliphatic heterocycles. The summed E-state index contributed by atoms with van der Waals surface area (Å²) in [5, 5.41) is 0. The lowest BCUT2D eigenvalue weighted by atomic mass is 10.1. The van der Waals surface area contributed by atoms with Crippen molar-refractivity contribution in [1.29, 1.82) is 0 Å². The smallest absolute Gasteiger partial charge is 0.210 e. The first kappa shape index (κ1) is 11.6. The number of carbonyl (C=O) groups excluding carboxylic acids is 1. The Morgan fingerprint density at radius 1 is 1.40 bits per heavy atom. The number of hydrogen-bond acceptors (Lipinski definition) is 2. The molecule has 3 heteroatoms. The van der Waals surface area contributed by atoms with E-state index in [4.69, 9.17) is 5.73 Å². The molecule has 0 atom stereocenters. The van der Waals surface area contributed by atoms with Gasteiger partial charge in [0.15, 0.2) is 0 Å². The van der Waals surface area contributed by atoms with Crippen LogP contribution in [0.1, 0.15) is 25.3 Å². The lowest BCUT2D eigenvalue weighted by molar-refractivity contribution is -0.118. The van der Waals surface area contributed by atoms with E-state index < -0.39 is 0 Å². The Morgan fingerprint density at radius 2 is 2.13 bits per heavy atom. The van der Waals surface area contributed by atoms with Crippen molar-refractivity contribution in [2.75, 3.05) is 12.3 Å². The number of carbonyl (C=O) groups is 1. The molecule has 0 aliphatic carbocycles. The molecular formula is C12H18N2O. The molecule has 0 saturated carbocycles.